The summed E-state index contributed by atoms with van der Waals surface area (Å²) in [5.74, 6) is -0.258. The number of ether oxygens (including phenoxy) is 1. The Morgan fingerprint density at radius 3 is 2.50 bits per heavy atom. The molecule has 0 aliphatic carbocycles. The molecule has 0 spiro atoms. The van der Waals surface area contributed by atoms with E-state index in [4.69, 9.17) is 9.88 Å². The number of hydrogen-bond acceptors (Lipinski definition) is 5. The predicted octanol–water partition coefficient (Wildman–Crippen LogP) is 0.502. The lowest BCUT2D eigenvalue weighted by Crippen LogP contribution is -2.46. The Balaban J connectivity index is 1.79. The van der Waals surface area contributed by atoms with E-state index in [0.29, 0.717) is 11.3 Å². The van der Waals surface area contributed by atoms with Crippen molar-refractivity contribution in [1.29, 1.82) is 0 Å². The fourth-order valence-electron chi connectivity index (χ4n) is 2.27. The summed E-state index contributed by atoms with van der Waals surface area (Å²) < 4.78 is 29.6. The van der Waals surface area contributed by atoms with Crippen molar-refractivity contribution in [2.75, 3.05) is 11.3 Å². The van der Waals surface area contributed by atoms with E-state index >= 15 is 0 Å². The first-order valence-corrected chi connectivity index (χ1v) is 9.92. The Hall–Kier alpha value is -3.11. The van der Waals surface area contributed by atoms with E-state index in [1.807, 2.05) is 6.07 Å². The largest absolute Gasteiger partial charge is 0.484 e. The third-order valence-electron chi connectivity index (χ3n) is 3.54. The van der Waals surface area contributed by atoms with Crippen molar-refractivity contribution in [3.05, 3.63) is 60.2 Å². The maximum absolute atomic E-state index is 12.1. The van der Waals surface area contributed by atoms with Crippen LogP contribution in [0.25, 0.3) is 0 Å². The zero-order valence-corrected chi connectivity index (χ0v) is 16.0. The second kappa shape index (κ2) is 9.72. The maximum Gasteiger partial charge on any atom is 0.296 e. The first-order valence-electron chi connectivity index (χ1n) is 8.37. The van der Waals surface area contributed by atoms with Crippen molar-refractivity contribution in [1.82, 2.24) is 10.6 Å². The molecular weight excluding hydrogens is 384 g/mol. The molecule has 0 unspecified atom stereocenters. The fraction of sp³-hybridized carbons (Fsp3) is 0.222. The molecule has 2 rings (SSSR count). The van der Waals surface area contributed by atoms with Crippen LogP contribution < -0.4 is 25.2 Å². The Morgan fingerprint density at radius 2 is 1.82 bits per heavy atom. The maximum atomic E-state index is 12.1. The molecule has 0 heterocycles. The van der Waals surface area contributed by atoms with Gasteiger partial charge in [-0.3, -0.25) is 14.3 Å². The summed E-state index contributed by atoms with van der Waals surface area (Å²) in [4.78, 5) is 24.0. The number of carbonyl (C=O) groups is 2. The number of anilines is 1. The van der Waals surface area contributed by atoms with Crippen molar-refractivity contribution in [2.24, 2.45) is 5.14 Å². The van der Waals surface area contributed by atoms with E-state index in [1.165, 1.54) is 6.07 Å². The van der Waals surface area contributed by atoms with Gasteiger partial charge in [-0.2, -0.15) is 8.42 Å². The van der Waals surface area contributed by atoms with Gasteiger partial charge in [0.05, 0.1) is 5.69 Å². The van der Waals surface area contributed by atoms with Crippen LogP contribution >= 0.6 is 0 Å². The van der Waals surface area contributed by atoms with Gasteiger partial charge in [-0.05, 0) is 36.8 Å². The van der Waals surface area contributed by atoms with E-state index < -0.39 is 28.1 Å². The quantitative estimate of drug-likeness (QED) is 0.480. The summed E-state index contributed by atoms with van der Waals surface area (Å²) in [7, 11) is -3.87. The predicted molar refractivity (Wildman–Crippen MR) is 105 cm³/mol. The molecule has 0 saturated heterocycles. The number of nitrogens with two attached hydrogens (primary N) is 1. The topological polar surface area (TPSA) is 140 Å². The SMILES string of the molecule is C[C@@H](NC(=O)COc1ccccc1)C(=O)NCc1cccc(NS(N)(=O)=O)c1. The second-order valence-corrected chi connectivity index (χ2v) is 7.25. The lowest BCUT2D eigenvalue weighted by molar-refractivity contribution is -0.129. The van der Waals surface area contributed by atoms with Crippen molar-refractivity contribution in [2.45, 2.75) is 19.5 Å². The third-order valence-corrected chi connectivity index (χ3v) is 4.06. The van der Waals surface area contributed by atoms with Crippen molar-refractivity contribution in [3.63, 3.8) is 0 Å². The molecule has 0 aliphatic heterocycles. The molecule has 2 aromatic carbocycles. The molecule has 0 radical (unpaired) electrons. The highest BCUT2D eigenvalue weighted by atomic mass is 32.2. The van der Waals surface area contributed by atoms with Gasteiger partial charge < -0.3 is 15.4 Å². The highest BCUT2D eigenvalue weighted by Crippen LogP contribution is 2.11. The summed E-state index contributed by atoms with van der Waals surface area (Å²) in [6, 6.07) is 14.5. The first-order chi connectivity index (χ1) is 13.2. The minimum Gasteiger partial charge on any atom is -0.484 e. The molecule has 0 saturated carbocycles. The molecule has 0 aliphatic rings. The van der Waals surface area contributed by atoms with Crippen LogP contribution in [-0.4, -0.2) is 32.9 Å². The Kier molecular flexibility index (Phi) is 7.36. The Morgan fingerprint density at radius 1 is 1.11 bits per heavy atom. The number of rotatable bonds is 9. The zero-order chi connectivity index (χ0) is 20.6. The monoisotopic (exact) mass is 406 g/mol. The molecule has 2 amide bonds. The van der Waals surface area contributed by atoms with Gasteiger partial charge in [-0.25, -0.2) is 5.14 Å². The minimum absolute atomic E-state index is 0.152. The molecule has 5 N–H and O–H groups in total. The fourth-order valence-corrected chi connectivity index (χ4v) is 2.72. The van der Waals surface area contributed by atoms with Gasteiger partial charge in [0, 0.05) is 6.54 Å². The standard InChI is InChI=1S/C18H22N4O5S/c1-13(21-17(23)12-27-16-8-3-2-4-9-16)18(24)20-11-14-6-5-7-15(10-14)22-28(19,25)26/h2-10,13,22H,11-12H2,1H3,(H,20,24)(H,21,23)(H2,19,25,26)/t13-/m1/s1. The molecule has 0 bridgehead atoms. The molecule has 28 heavy (non-hydrogen) atoms. The second-order valence-electron chi connectivity index (χ2n) is 5.96. The molecule has 10 heteroatoms. The number of amides is 2. The molecule has 0 fully saturated rings. The van der Waals surface area contributed by atoms with Crippen LogP contribution in [0.1, 0.15) is 12.5 Å². The molecule has 150 valence electrons. The van der Waals surface area contributed by atoms with Gasteiger partial charge in [0.1, 0.15) is 11.8 Å². The summed E-state index contributed by atoms with van der Waals surface area (Å²) in [6.45, 7) is 1.50. The Labute approximate surface area is 163 Å². The average molecular weight is 406 g/mol. The molecular formula is C18H22N4O5S. The van der Waals surface area contributed by atoms with Crippen LogP contribution in [0.2, 0.25) is 0 Å². The number of hydrogen-bond donors (Lipinski definition) is 4. The van der Waals surface area contributed by atoms with Crippen molar-refractivity contribution >= 4 is 27.7 Å². The van der Waals surface area contributed by atoms with Crippen LogP contribution in [0.4, 0.5) is 5.69 Å². The summed E-state index contributed by atoms with van der Waals surface area (Å²) in [6.07, 6.45) is 0. The van der Waals surface area contributed by atoms with E-state index in [0.717, 1.165) is 0 Å². The molecule has 9 nitrogen and oxygen atoms in total. The van der Waals surface area contributed by atoms with E-state index in [2.05, 4.69) is 15.4 Å². The normalized spacial score (nSPS) is 11.9. The number of nitrogens with one attached hydrogen (secondary N) is 3. The van der Waals surface area contributed by atoms with Gasteiger partial charge >= 0.3 is 0 Å². The smallest absolute Gasteiger partial charge is 0.296 e. The third kappa shape index (κ3) is 7.64. The first kappa shape index (κ1) is 21.2. The number of carbonyl (C=O) groups excluding carboxylic acids is 2. The minimum atomic E-state index is -3.87. The van der Waals surface area contributed by atoms with Crippen LogP contribution in [0, 0.1) is 0 Å². The molecule has 2 aromatic rings. The van der Waals surface area contributed by atoms with Gasteiger partial charge in [0.2, 0.25) is 5.91 Å². The van der Waals surface area contributed by atoms with Crippen molar-refractivity contribution < 1.29 is 22.7 Å². The highest BCUT2D eigenvalue weighted by molar-refractivity contribution is 7.90. The Bertz CT molecular complexity index is 919. The van der Waals surface area contributed by atoms with E-state index in [-0.39, 0.29) is 18.8 Å². The van der Waals surface area contributed by atoms with Crippen molar-refractivity contribution in [3.8, 4) is 5.75 Å². The number of para-hydroxylation sites is 1. The number of benzene rings is 2. The van der Waals surface area contributed by atoms with Crippen LogP contribution in [0.15, 0.2) is 54.6 Å². The summed E-state index contributed by atoms with van der Waals surface area (Å²) in [5.41, 5.74) is 0.946. The molecule has 1 atom stereocenters. The van der Waals surface area contributed by atoms with Crippen LogP contribution in [-0.2, 0) is 26.3 Å². The lowest BCUT2D eigenvalue weighted by Gasteiger charge is -2.15. The average Bonchev–Trinajstić information content (AvgIpc) is 2.64. The van der Waals surface area contributed by atoms with E-state index in [1.54, 1.807) is 49.4 Å². The van der Waals surface area contributed by atoms with Gasteiger partial charge in [-0.15, -0.1) is 0 Å². The zero-order valence-electron chi connectivity index (χ0n) is 15.2. The van der Waals surface area contributed by atoms with Gasteiger partial charge in [0.15, 0.2) is 6.61 Å². The molecule has 0 aromatic heterocycles. The summed E-state index contributed by atoms with van der Waals surface area (Å²) in [5, 5.41) is 10.1. The van der Waals surface area contributed by atoms with E-state index in [9.17, 15) is 18.0 Å². The summed E-state index contributed by atoms with van der Waals surface area (Å²) >= 11 is 0. The van der Waals surface area contributed by atoms with Gasteiger partial charge in [-0.1, -0.05) is 30.3 Å². The van der Waals surface area contributed by atoms with Gasteiger partial charge in [0.25, 0.3) is 16.1 Å². The lowest BCUT2D eigenvalue weighted by atomic mass is 10.2. The van der Waals surface area contributed by atoms with Crippen LogP contribution in [0.3, 0.4) is 0 Å². The van der Waals surface area contributed by atoms with Crippen LogP contribution in [0.5, 0.6) is 5.75 Å². The highest BCUT2D eigenvalue weighted by Gasteiger charge is 2.15.